The van der Waals surface area contributed by atoms with Crippen molar-refractivity contribution >= 4 is 5.91 Å². The molecule has 0 aliphatic carbocycles. The van der Waals surface area contributed by atoms with Crippen LogP contribution in [0, 0.1) is 0 Å². The van der Waals surface area contributed by atoms with Crippen LogP contribution in [0.2, 0.25) is 0 Å². The van der Waals surface area contributed by atoms with Gasteiger partial charge in [-0.2, -0.15) is 0 Å². The second-order valence-electron chi connectivity index (χ2n) is 7.75. The fourth-order valence-corrected chi connectivity index (χ4v) is 2.56. The van der Waals surface area contributed by atoms with Crippen molar-refractivity contribution in [2.24, 2.45) is 0 Å². The quantitative estimate of drug-likeness (QED) is 0.381. The van der Waals surface area contributed by atoms with Crippen LogP contribution >= 0.6 is 0 Å². The van der Waals surface area contributed by atoms with E-state index in [0.717, 1.165) is 5.56 Å². The van der Waals surface area contributed by atoms with Gasteiger partial charge in [-0.25, -0.2) is 0 Å². The molecule has 0 aromatic heterocycles. The minimum atomic E-state index is -0.949. The van der Waals surface area contributed by atoms with Crippen LogP contribution in [0.1, 0.15) is 47.1 Å². The lowest BCUT2D eigenvalue weighted by atomic mass is 10.2. The Hall–Kier alpha value is -1.55. The highest BCUT2D eigenvalue weighted by Gasteiger charge is 2.31. The number of benzene rings is 1. The van der Waals surface area contributed by atoms with E-state index in [9.17, 15) is 9.90 Å². The lowest BCUT2D eigenvalue weighted by Gasteiger charge is -2.32. The lowest BCUT2D eigenvalue weighted by Crippen LogP contribution is -2.45. The molecule has 0 radical (unpaired) electrons. The van der Waals surface area contributed by atoms with E-state index >= 15 is 0 Å². The van der Waals surface area contributed by atoms with Crippen molar-refractivity contribution in [3.63, 3.8) is 0 Å². The molecule has 0 saturated heterocycles. The zero-order valence-electron chi connectivity index (χ0n) is 19.6. The number of aliphatic hydroxyl groups excluding tert-OH is 1. The number of amides is 1. The van der Waals surface area contributed by atoms with E-state index in [0.29, 0.717) is 13.2 Å². The molecular weight excluding hydrogens is 402 g/mol. The summed E-state index contributed by atoms with van der Waals surface area (Å²) in [7, 11) is 0. The van der Waals surface area contributed by atoms with Gasteiger partial charge < -0.3 is 34.1 Å². The van der Waals surface area contributed by atoms with Gasteiger partial charge in [0.05, 0.1) is 24.9 Å². The third kappa shape index (κ3) is 12.2. The van der Waals surface area contributed by atoms with E-state index in [-0.39, 0.29) is 31.3 Å². The molecule has 8 heteroatoms. The molecule has 0 saturated carbocycles. The molecule has 31 heavy (non-hydrogen) atoms. The van der Waals surface area contributed by atoms with Crippen LogP contribution in [0.4, 0.5) is 0 Å². The number of carbonyl (C=O) groups excluding carboxylic acids is 1. The summed E-state index contributed by atoms with van der Waals surface area (Å²) in [4.78, 5) is 12.2. The molecule has 0 bridgehead atoms. The maximum absolute atomic E-state index is 12.2. The van der Waals surface area contributed by atoms with Gasteiger partial charge in [-0.3, -0.25) is 4.79 Å². The van der Waals surface area contributed by atoms with Crippen LogP contribution in [0.5, 0.6) is 0 Å². The monoisotopic (exact) mass is 441 g/mol. The Morgan fingerprint density at radius 3 is 2.16 bits per heavy atom. The number of ether oxygens (including phenoxy) is 5. The van der Waals surface area contributed by atoms with E-state index in [1.165, 1.54) is 0 Å². The average Bonchev–Trinajstić information content (AvgIpc) is 2.71. The Morgan fingerprint density at radius 2 is 1.61 bits per heavy atom. The van der Waals surface area contributed by atoms with Crippen molar-refractivity contribution in [2.75, 3.05) is 19.8 Å². The normalized spacial score (nSPS) is 15.6. The Balaban J connectivity index is 2.72. The molecule has 0 heterocycles. The van der Waals surface area contributed by atoms with E-state index in [1.54, 1.807) is 6.92 Å². The maximum atomic E-state index is 12.2. The lowest BCUT2D eigenvalue weighted by molar-refractivity contribution is -0.313. The van der Waals surface area contributed by atoms with E-state index < -0.39 is 24.8 Å². The molecule has 4 atom stereocenters. The molecular formula is C23H39NO7. The molecule has 1 aromatic carbocycles. The Labute approximate surface area is 186 Å². The summed E-state index contributed by atoms with van der Waals surface area (Å²) in [5, 5.41) is 12.9. The SMILES string of the molecule is CCOC(OCC(=O)NCc1ccccc1)C(OC(C)C)OC(COC(C)C)C(C)O. The number of hydrogen-bond donors (Lipinski definition) is 2. The molecule has 2 N–H and O–H groups in total. The highest BCUT2D eigenvalue weighted by molar-refractivity contribution is 5.77. The van der Waals surface area contributed by atoms with Crippen molar-refractivity contribution in [2.45, 2.75) is 85.1 Å². The Bertz CT molecular complexity index is 595. The highest BCUT2D eigenvalue weighted by Crippen LogP contribution is 2.16. The summed E-state index contributed by atoms with van der Waals surface area (Å²) in [6.07, 6.45) is -3.55. The van der Waals surface area contributed by atoms with Crippen LogP contribution in [0.15, 0.2) is 30.3 Å². The predicted molar refractivity (Wildman–Crippen MR) is 117 cm³/mol. The molecule has 4 unspecified atom stereocenters. The summed E-state index contributed by atoms with van der Waals surface area (Å²) < 4.78 is 28.8. The second kappa shape index (κ2) is 15.3. The summed E-state index contributed by atoms with van der Waals surface area (Å²) in [6, 6.07) is 9.61. The van der Waals surface area contributed by atoms with Crippen molar-refractivity contribution in [1.29, 1.82) is 0 Å². The van der Waals surface area contributed by atoms with Gasteiger partial charge in [0.25, 0.3) is 0 Å². The largest absolute Gasteiger partial charge is 0.391 e. The molecule has 0 fully saturated rings. The topological polar surface area (TPSA) is 95.5 Å². The minimum Gasteiger partial charge on any atom is -0.391 e. The van der Waals surface area contributed by atoms with Crippen molar-refractivity contribution < 1.29 is 33.6 Å². The molecule has 0 aliphatic rings. The molecule has 0 spiro atoms. The van der Waals surface area contributed by atoms with Gasteiger partial charge >= 0.3 is 0 Å². The molecule has 8 nitrogen and oxygen atoms in total. The zero-order valence-corrected chi connectivity index (χ0v) is 19.6. The van der Waals surface area contributed by atoms with Gasteiger partial charge in [-0.1, -0.05) is 30.3 Å². The number of hydrogen-bond acceptors (Lipinski definition) is 7. The van der Waals surface area contributed by atoms with E-state index in [4.69, 9.17) is 23.7 Å². The predicted octanol–water partition coefficient (Wildman–Crippen LogP) is 2.62. The summed E-state index contributed by atoms with van der Waals surface area (Å²) in [5.41, 5.74) is 0.992. The van der Waals surface area contributed by atoms with E-state index in [2.05, 4.69) is 5.32 Å². The molecule has 178 valence electrons. The summed E-state index contributed by atoms with van der Waals surface area (Å²) >= 11 is 0. The number of rotatable bonds is 16. The first-order valence-corrected chi connectivity index (χ1v) is 10.9. The summed E-state index contributed by atoms with van der Waals surface area (Å²) in [6.45, 7) is 11.6. The van der Waals surface area contributed by atoms with Gasteiger partial charge in [-0.05, 0) is 47.1 Å². The smallest absolute Gasteiger partial charge is 0.246 e. The van der Waals surface area contributed by atoms with E-state index in [1.807, 2.05) is 65.0 Å². The summed E-state index contributed by atoms with van der Waals surface area (Å²) in [5.74, 6) is -0.285. The maximum Gasteiger partial charge on any atom is 0.246 e. The standard InChI is InChI=1S/C23H39NO7/c1-7-27-22(29-15-21(26)24-13-19-11-9-8-10-12-19)23(30-17(4)5)31-20(18(6)25)14-28-16(2)3/h8-12,16-18,20,22-23,25H,7,13-15H2,1-6H3,(H,24,26). The van der Waals surface area contributed by atoms with Gasteiger partial charge in [0.15, 0.2) is 0 Å². The highest BCUT2D eigenvalue weighted by atomic mass is 16.8. The first-order chi connectivity index (χ1) is 14.7. The second-order valence-corrected chi connectivity index (χ2v) is 7.75. The van der Waals surface area contributed by atoms with Crippen molar-refractivity contribution in [1.82, 2.24) is 5.32 Å². The molecule has 0 aliphatic heterocycles. The first kappa shape index (κ1) is 27.5. The number of aliphatic hydroxyl groups is 1. The average molecular weight is 442 g/mol. The van der Waals surface area contributed by atoms with Crippen molar-refractivity contribution in [3.05, 3.63) is 35.9 Å². The van der Waals surface area contributed by atoms with Crippen LogP contribution in [-0.4, -0.2) is 67.8 Å². The first-order valence-electron chi connectivity index (χ1n) is 10.9. The van der Waals surface area contributed by atoms with Crippen molar-refractivity contribution in [3.8, 4) is 0 Å². The number of nitrogens with one attached hydrogen (secondary N) is 1. The van der Waals surface area contributed by atoms with Crippen LogP contribution in [-0.2, 0) is 35.0 Å². The van der Waals surface area contributed by atoms with Gasteiger partial charge in [0.2, 0.25) is 18.5 Å². The minimum absolute atomic E-state index is 0.0124. The Morgan fingerprint density at radius 1 is 0.935 bits per heavy atom. The third-order valence-electron chi connectivity index (χ3n) is 4.11. The van der Waals surface area contributed by atoms with Crippen LogP contribution in [0.3, 0.4) is 0 Å². The molecule has 1 aromatic rings. The fourth-order valence-electron chi connectivity index (χ4n) is 2.56. The zero-order chi connectivity index (χ0) is 23.2. The molecule has 1 rings (SSSR count). The van der Waals surface area contributed by atoms with Gasteiger partial charge in [0, 0.05) is 13.2 Å². The number of carbonyl (C=O) groups is 1. The molecule has 1 amide bonds. The van der Waals surface area contributed by atoms with Crippen LogP contribution < -0.4 is 5.32 Å². The third-order valence-corrected chi connectivity index (χ3v) is 4.11. The fraction of sp³-hybridized carbons (Fsp3) is 0.696. The van der Waals surface area contributed by atoms with Gasteiger partial charge in [-0.15, -0.1) is 0 Å². The Kier molecular flexibility index (Phi) is 13.6. The van der Waals surface area contributed by atoms with Gasteiger partial charge in [0.1, 0.15) is 12.7 Å². The van der Waals surface area contributed by atoms with Crippen LogP contribution in [0.25, 0.3) is 0 Å².